The Morgan fingerprint density at radius 3 is 2.00 bits per heavy atom. The van der Waals surface area contributed by atoms with Gasteiger partial charge in [0.1, 0.15) is 0 Å². The van der Waals surface area contributed by atoms with E-state index < -0.39 is 0 Å². The molecule has 0 saturated carbocycles. The molecule has 0 bridgehead atoms. The maximum Gasteiger partial charge on any atom is 0.323 e. The van der Waals surface area contributed by atoms with Crippen LogP contribution in [0.1, 0.15) is 0 Å². The third-order valence-corrected chi connectivity index (χ3v) is 3.12. The zero-order valence-corrected chi connectivity index (χ0v) is 11.9. The standard InChI is InChI=1S/C18H15N3O/c22-18(20-15-9-5-2-6-10-15)21-16-11-12-17(19-13-16)14-7-3-1-4-8-14/h1-13H,(H2,20,21,22). The van der Waals surface area contributed by atoms with Gasteiger partial charge in [0.15, 0.2) is 0 Å². The molecule has 0 aliphatic heterocycles. The van der Waals surface area contributed by atoms with Crippen molar-refractivity contribution in [3.05, 3.63) is 79.0 Å². The van der Waals surface area contributed by atoms with Gasteiger partial charge in [-0.05, 0) is 24.3 Å². The van der Waals surface area contributed by atoms with Crippen molar-refractivity contribution in [3.63, 3.8) is 0 Å². The molecule has 4 heteroatoms. The third-order valence-electron chi connectivity index (χ3n) is 3.12. The van der Waals surface area contributed by atoms with Gasteiger partial charge in [0.25, 0.3) is 0 Å². The summed E-state index contributed by atoms with van der Waals surface area (Å²) in [7, 11) is 0. The number of hydrogen-bond acceptors (Lipinski definition) is 2. The Hall–Kier alpha value is -3.14. The van der Waals surface area contributed by atoms with E-state index in [0.717, 1.165) is 16.9 Å². The Balaban J connectivity index is 1.65. The van der Waals surface area contributed by atoms with E-state index in [1.807, 2.05) is 72.8 Å². The molecule has 22 heavy (non-hydrogen) atoms. The summed E-state index contributed by atoms with van der Waals surface area (Å²) < 4.78 is 0. The Bertz CT molecular complexity index is 740. The number of aromatic nitrogens is 1. The highest BCUT2D eigenvalue weighted by atomic mass is 16.2. The van der Waals surface area contributed by atoms with Crippen LogP contribution in [-0.4, -0.2) is 11.0 Å². The minimum absolute atomic E-state index is 0.291. The number of benzene rings is 2. The fraction of sp³-hybridized carbons (Fsp3) is 0. The van der Waals surface area contributed by atoms with Gasteiger partial charge in [0, 0.05) is 11.3 Å². The second-order valence-electron chi connectivity index (χ2n) is 4.74. The van der Waals surface area contributed by atoms with Crippen LogP contribution in [0.2, 0.25) is 0 Å². The molecule has 1 heterocycles. The number of carbonyl (C=O) groups is 1. The van der Waals surface area contributed by atoms with Gasteiger partial charge >= 0.3 is 6.03 Å². The Labute approximate surface area is 128 Å². The van der Waals surface area contributed by atoms with Crippen LogP contribution in [0.15, 0.2) is 79.0 Å². The monoisotopic (exact) mass is 289 g/mol. The second-order valence-corrected chi connectivity index (χ2v) is 4.74. The average Bonchev–Trinajstić information content (AvgIpc) is 2.57. The van der Waals surface area contributed by atoms with Crippen molar-refractivity contribution in [3.8, 4) is 11.3 Å². The number of hydrogen-bond donors (Lipinski definition) is 2. The topological polar surface area (TPSA) is 54.0 Å². The van der Waals surface area contributed by atoms with Gasteiger partial charge in [-0.2, -0.15) is 0 Å². The molecule has 2 N–H and O–H groups in total. The lowest BCUT2D eigenvalue weighted by atomic mass is 10.1. The zero-order valence-electron chi connectivity index (χ0n) is 11.9. The third kappa shape index (κ3) is 3.49. The number of pyridine rings is 1. The summed E-state index contributed by atoms with van der Waals surface area (Å²) in [5.41, 5.74) is 3.30. The summed E-state index contributed by atoms with van der Waals surface area (Å²) in [4.78, 5) is 16.3. The van der Waals surface area contributed by atoms with Gasteiger partial charge in [-0.25, -0.2) is 4.79 Å². The molecular formula is C18H15N3O. The van der Waals surface area contributed by atoms with Crippen LogP contribution in [-0.2, 0) is 0 Å². The Morgan fingerprint density at radius 1 is 0.727 bits per heavy atom. The van der Waals surface area contributed by atoms with Crippen LogP contribution < -0.4 is 10.6 Å². The van der Waals surface area contributed by atoms with Crippen LogP contribution in [0.4, 0.5) is 16.2 Å². The van der Waals surface area contributed by atoms with E-state index in [-0.39, 0.29) is 6.03 Å². The molecule has 1 aromatic heterocycles. The number of para-hydroxylation sites is 1. The highest BCUT2D eigenvalue weighted by Crippen LogP contribution is 2.18. The van der Waals surface area contributed by atoms with E-state index in [4.69, 9.17) is 0 Å². The zero-order chi connectivity index (χ0) is 15.2. The van der Waals surface area contributed by atoms with E-state index in [1.165, 1.54) is 0 Å². The Kier molecular flexibility index (Phi) is 4.11. The normalized spacial score (nSPS) is 10.0. The molecule has 3 aromatic rings. The summed E-state index contributed by atoms with van der Waals surface area (Å²) >= 11 is 0. The van der Waals surface area contributed by atoms with Crippen LogP contribution in [0, 0.1) is 0 Å². The van der Waals surface area contributed by atoms with Gasteiger partial charge in [-0.1, -0.05) is 48.5 Å². The number of rotatable bonds is 3. The average molecular weight is 289 g/mol. The first-order valence-corrected chi connectivity index (χ1v) is 6.96. The van der Waals surface area contributed by atoms with Crippen LogP contribution in [0.5, 0.6) is 0 Å². The highest BCUT2D eigenvalue weighted by Gasteiger charge is 2.03. The van der Waals surface area contributed by atoms with Gasteiger partial charge in [-0.3, -0.25) is 4.98 Å². The molecule has 0 saturated heterocycles. The molecule has 0 aliphatic rings. The van der Waals surface area contributed by atoms with Crippen molar-refractivity contribution in [1.82, 2.24) is 4.98 Å². The number of anilines is 2. The lowest BCUT2D eigenvalue weighted by Gasteiger charge is -2.08. The van der Waals surface area contributed by atoms with Crippen molar-refractivity contribution < 1.29 is 4.79 Å². The molecule has 2 amide bonds. The molecule has 0 spiro atoms. The quantitative estimate of drug-likeness (QED) is 0.751. The number of nitrogens with one attached hydrogen (secondary N) is 2. The number of carbonyl (C=O) groups excluding carboxylic acids is 1. The fourth-order valence-electron chi connectivity index (χ4n) is 2.06. The lowest BCUT2D eigenvalue weighted by molar-refractivity contribution is 0.262. The van der Waals surface area contributed by atoms with E-state index in [9.17, 15) is 4.79 Å². The molecule has 4 nitrogen and oxygen atoms in total. The van der Waals surface area contributed by atoms with Crippen molar-refractivity contribution in [2.24, 2.45) is 0 Å². The van der Waals surface area contributed by atoms with Crippen molar-refractivity contribution in [2.45, 2.75) is 0 Å². The van der Waals surface area contributed by atoms with Gasteiger partial charge < -0.3 is 10.6 Å². The van der Waals surface area contributed by atoms with Gasteiger partial charge in [0.05, 0.1) is 17.6 Å². The van der Waals surface area contributed by atoms with E-state index in [1.54, 1.807) is 6.20 Å². The molecule has 0 unspecified atom stereocenters. The van der Waals surface area contributed by atoms with Crippen LogP contribution in [0.25, 0.3) is 11.3 Å². The number of amides is 2. The van der Waals surface area contributed by atoms with Crippen LogP contribution >= 0.6 is 0 Å². The van der Waals surface area contributed by atoms with Gasteiger partial charge in [-0.15, -0.1) is 0 Å². The minimum Gasteiger partial charge on any atom is -0.308 e. The van der Waals surface area contributed by atoms with Crippen molar-refractivity contribution in [1.29, 1.82) is 0 Å². The molecule has 0 radical (unpaired) electrons. The second kappa shape index (κ2) is 6.54. The minimum atomic E-state index is -0.291. The maximum atomic E-state index is 11.9. The predicted octanol–water partition coefficient (Wildman–Crippen LogP) is 4.39. The SMILES string of the molecule is O=C(Nc1ccccc1)Nc1ccc(-c2ccccc2)nc1. The van der Waals surface area contributed by atoms with Crippen molar-refractivity contribution >= 4 is 17.4 Å². The molecule has 0 fully saturated rings. The number of urea groups is 1. The summed E-state index contributed by atoms with van der Waals surface area (Å²) in [5, 5.41) is 5.52. The molecule has 3 rings (SSSR count). The summed E-state index contributed by atoms with van der Waals surface area (Å²) in [5.74, 6) is 0. The molecule has 2 aromatic carbocycles. The first-order chi connectivity index (χ1) is 10.8. The molecular weight excluding hydrogens is 274 g/mol. The molecule has 108 valence electrons. The van der Waals surface area contributed by atoms with Gasteiger partial charge in [0.2, 0.25) is 0 Å². The maximum absolute atomic E-state index is 11.9. The summed E-state index contributed by atoms with van der Waals surface area (Å²) in [6.45, 7) is 0. The fourth-order valence-corrected chi connectivity index (χ4v) is 2.06. The first kappa shape index (κ1) is 13.8. The summed E-state index contributed by atoms with van der Waals surface area (Å²) in [6, 6.07) is 22.6. The predicted molar refractivity (Wildman–Crippen MR) is 88.8 cm³/mol. The van der Waals surface area contributed by atoms with E-state index in [0.29, 0.717) is 5.69 Å². The largest absolute Gasteiger partial charge is 0.323 e. The summed E-state index contributed by atoms with van der Waals surface area (Å²) in [6.07, 6.45) is 1.65. The first-order valence-electron chi connectivity index (χ1n) is 6.96. The highest BCUT2D eigenvalue weighted by molar-refractivity contribution is 5.99. The van der Waals surface area contributed by atoms with Crippen LogP contribution in [0.3, 0.4) is 0 Å². The molecule has 0 aliphatic carbocycles. The number of nitrogens with zero attached hydrogens (tertiary/aromatic N) is 1. The lowest BCUT2D eigenvalue weighted by Crippen LogP contribution is -2.19. The molecule has 0 atom stereocenters. The van der Waals surface area contributed by atoms with E-state index in [2.05, 4.69) is 15.6 Å². The Morgan fingerprint density at radius 2 is 1.36 bits per heavy atom. The van der Waals surface area contributed by atoms with Crippen molar-refractivity contribution in [2.75, 3.05) is 10.6 Å². The smallest absolute Gasteiger partial charge is 0.308 e. The van der Waals surface area contributed by atoms with E-state index >= 15 is 0 Å².